The van der Waals surface area contributed by atoms with Gasteiger partial charge in [-0.3, -0.25) is 4.90 Å². The molecule has 0 amide bonds. The van der Waals surface area contributed by atoms with Crippen molar-refractivity contribution >= 4 is 0 Å². The fraction of sp³-hybridized carbons (Fsp3) is 0.625. The first-order valence-electron chi connectivity index (χ1n) is 7.42. The molecule has 0 bridgehead atoms. The molecule has 1 unspecified atom stereocenters. The highest BCUT2D eigenvalue weighted by atomic mass is 16.5. The van der Waals surface area contributed by atoms with Gasteiger partial charge in [-0.15, -0.1) is 0 Å². The Hall–Kier alpha value is -1.06. The standard InChI is InChI=1S/C16H26N2O/c1-14(11-17)13-19-16-7-5-6-15(10-16)12-18-8-3-2-4-9-18/h5-7,10,14H,2-4,8-9,11-13,17H2,1H3. The van der Waals surface area contributed by atoms with E-state index in [0.717, 1.165) is 12.3 Å². The fourth-order valence-corrected chi connectivity index (χ4v) is 2.42. The summed E-state index contributed by atoms with van der Waals surface area (Å²) >= 11 is 0. The lowest BCUT2D eigenvalue weighted by Gasteiger charge is -2.26. The van der Waals surface area contributed by atoms with Crippen molar-refractivity contribution in [2.75, 3.05) is 26.2 Å². The van der Waals surface area contributed by atoms with Gasteiger partial charge in [-0.05, 0) is 50.2 Å². The first-order valence-corrected chi connectivity index (χ1v) is 7.42. The molecule has 1 saturated heterocycles. The molecular weight excluding hydrogens is 236 g/mol. The largest absolute Gasteiger partial charge is 0.493 e. The van der Waals surface area contributed by atoms with Crippen LogP contribution in [-0.2, 0) is 6.54 Å². The molecule has 2 N–H and O–H groups in total. The van der Waals surface area contributed by atoms with E-state index < -0.39 is 0 Å². The Bertz CT molecular complexity index is 375. The van der Waals surface area contributed by atoms with Crippen molar-refractivity contribution in [2.45, 2.75) is 32.7 Å². The Morgan fingerprint density at radius 1 is 1.26 bits per heavy atom. The molecule has 0 spiro atoms. The Morgan fingerprint density at radius 3 is 2.79 bits per heavy atom. The molecule has 0 radical (unpaired) electrons. The van der Waals surface area contributed by atoms with E-state index in [4.69, 9.17) is 10.5 Å². The first kappa shape index (κ1) is 14.4. The summed E-state index contributed by atoms with van der Waals surface area (Å²) in [6.45, 7) is 6.99. The number of nitrogens with zero attached hydrogens (tertiary/aromatic N) is 1. The number of hydrogen-bond donors (Lipinski definition) is 1. The molecule has 1 aliphatic heterocycles. The minimum absolute atomic E-state index is 0.408. The smallest absolute Gasteiger partial charge is 0.119 e. The summed E-state index contributed by atoms with van der Waals surface area (Å²) in [5.41, 5.74) is 6.95. The highest BCUT2D eigenvalue weighted by molar-refractivity contribution is 5.28. The molecule has 0 aromatic heterocycles. The second-order valence-corrected chi connectivity index (χ2v) is 5.64. The average Bonchev–Trinajstić information content (AvgIpc) is 2.46. The topological polar surface area (TPSA) is 38.5 Å². The van der Waals surface area contributed by atoms with Crippen LogP contribution in [0.4, 0.5) is 0 Å². The van der Waals surface area contributed by atoms with Crippen LogP contribution in [0.25, 0.3) is 0 Å². The van der Waals surface area contributed by atoms with Crippen LogP contribution in [0.3, 0.4) is 0 Å². The van der Waals surface area contributed by atoms with Crippen LogP contribution in [0.1, 0.15) is 31.7 Å². The van der Waals surface area contributed by atoms with Crippen LogP contribution in [0.2, 0.25) is 0 Å². The zero-order valence-corrected chi connectivity index (χ0v) is 12.0. The predicted octanol–water partition coefficient (Wildman–Crippen LogP) is 2.65. The van der Waals surface area contributed by atoms with Crippen LogP contribution < -0.4 is 10.5 Å². The molecule has 1 fully saturated rings. The van der Waals surface area contributed by atoms with Crippen LogP contribution in [0.5, 0.6) is 5.75 Å². The van der Waals surface area contributed by atoms with Crippen molar-refractivity contribution < 1.29 is 4.74 Å². The lowest BCUT2D eigenvalue weighted by Crippen LogP contribution is -2.29. The predicted molar refractivity (Wildman–Crippen MR) is 79.3 cm³/mol. The van der Waals surface area contributed by atoms with E-state index in [-0.39, 0.29) is 0 Å². The Labute approximate surface area is 116 Å². The number of ether oxygens (including phenoxy) is 1. The van der Waals surface area contributed by atoms with E-state index in [1.165, 1.54) is 37.9 Å². The van der Waals surface area contributed by atoms with Crippen LogP contribution in [0, 0.1) is 5.92 Å². The van der Waals surface area contributed by atoms with Crippen LogP contribution in [-0.4, -0.2) is 31.1 Å². The normalized spacial score (nSPS) is 18.2. The van der Waals surface area contributed by atoms with E-state index in [0.29, 0.717) is 19.1 Å². The lowest BCUT2D eigenvalue weighted by molar-refractivity contribution is 0.220. The highest BCUT2D eigenvalue weighted by Gasteiger charge is 2.10. The molecule has 1 aromatic carbocycles. The van der Waals surface area contributed by atoms with Crippen LogP contribution in [0.15, 0.2) is 24.3 Å². The third-order valence-electron chi connectivity index (χ3n) is 3.69. The number of likely N-dealkylation sites (tertiary alicyclic amines) is 1. The maximum Gasteiger partial charge on any atom is 0.119 e. The van der Waals surface area contributed by atoms with Crippen molar-refractivity contribution in [1.82, 2.24) is 4.90 Å². The van der Waals surface area contributed by atoms with E-state index in [1.807, 2.05) is 6.07 Å². The van der Waals surface area contributed by atoms with E-state index in [1.54, 1.807) is 0 Å². The Balaban J connectivity index is 1.87. The SMILES string of the molecule is CC(CN)COc1cccc(CN2CCCCC2)c1. The third-order valence-corrected chi connectivity index (χ3v) is 3.69. The van der Waals surface area contributed by atoms with Gasteiger partial charge in [-0.1, -0.05) is 25.5 Å². The quantitative estimate of drug-likeness (QED) is 0.856. The van der Waals surface area contributed by atoms with Crippen molar-refractivity contribution in [3.05, 3.63) is 29.8 Å². The Morgan fingerprint density at radius 2 is 2.05 bits per heavy atom. The molecule has 0 aliphatic carbocycles. The molecule has 19 heavy (non-hydrogen) atoms. The van der Waals surface area contributed by atoms with Gasteiger partial charge < -0.3 is 10.5 Å². The Kier molecular flexibility index (Phi) is 5.67. The lowest BCUT2D eigenvalue weighted by atomic mass is 10.1. The number of hydrogen-bond acceptors (Lipinski definition) is 3. The van der Waals surface area contributed by atoms with Crippen molar-refractivity contribution in [3.8, 4) is 5.75 Å². The molecular formula is C16H26N2O. The second-order valence-electron chi connectivity index (χ2n) is 5.64. The zero-order valence-electron chi connectivity index (χ0n) is 12.0. The van der Waals surface area contributed by atoms with Gasteiger partial charge in [0.15, 0.2) is 0 Å². The van der Waals surface area contributed by atoms with Crippen LogP contribution >= 0.6 is 0 Å². The molecule has 1 atom stereocenters. The number of piperidine rings is 1. The van der Waals surface area contributed by atoms with E-state index in [2.05, 4.69) is 30.0 Å². The number of benzene rings is 1. The summed E-state index contributed by atoms with van der Waals surface area (Å²) in [4.78, 5) is 2.53. The maximum atomic E-state index is 5.79. The summed E-state index contributed by atoms with van der Waals surface area (Å²) in [5, 5.41) is 0. The zero-order chi connectivity index (χ0) is 13.5. The monoisotopic (exact) mass is 262 g/mol. The number of rotatable bonds is 6. The molecule has 106 valence electrons. The van der Waals surface area contributed by atoms with Gasteiger partial charge in [-0.25, -0.2) is 0 Å². The molecule has 1 aliphatic rings. The van der Waals surface area contributed by atoms with Gasteiger partial charge >= 0.3 is 0 Å². The molecule has 0 saturated carbocycles. The minimum atomic E-state index is 0.408. The summed E-state index contributed by atoms with van der Waals surface area (Å²) in [6, 6.07) is 8.47. The summed E-state index contributed by atoms with van der Waals surface area (Å²) in [6.07, 6.45) is 4.06. The second kappa shape index (κ2) is 7.51. The minimum Gasteiger partial charge on any atom is -0.493 e. The third kappa shape index (κ3) is 4.84. The highest BCUT2D eigenvalue weighted by Crippen LogP contribution is 2.18. The average molecular weight is 262 g/mol. The van der Waals surface area contributed by atoms with Gasteiger partial charge in [-0.2, -0.15) is 0 Å². The van der Waals surface area contributed by atoms with Gasteiger partial charge in [0.05, 0.1) is 6.61 Å². The van der Waals surface area contributed by atoms with Gasteiger partial charge in [0.25, 0.3) is 0 Å². The summed E-state index contributed by atoms with van der Waals surface area (Å²) in [5.74, 6) is 1.38. The maximum absolute atomic E-state index is 5.79. The molecule has 1 heterocycles. The molecule has 2 rings (SSSR count). The van der Waals surface area contributed by atoms with Crippen molar-refractivity contribution in [1.29, 1.82) is 0 Å². The summed E-state index contributed by atoms with van der Waals surface area (Å²) in [7, 11) is 0. The summed E-state index contributed by atoms with van der Waals surface area (Å²) < 4.78 is 5.79. The fourth-order valence-electron chi connectivity index (χ4n) is 2.42. The molecule has 3 heteroatoms. The van der Waals surface area contributed by atoms with Gasteiger partial charge in [0, 0.05) is 12.5 Å². The van der Waals surface area contributed by atoms with Gasteiger partial charge in [0.1, 0.15) is 5.75 Å². The number of nitrogens with two attached hydrogens (primary N) is 1. The van der Waals surface area contributed by atoms with Crippen molar-refractivity contribution in [2.24, 2.45) is 11.7 Å². The molecule has 3 nitrogen and oxygen atoms in total. The van der Waals surface area contributed by atoms with Gasteiger partial charge in [0.2, 0.25) is 0 Å². The van der Waals surface area contributed by atoms with E-state index >= 15 is 0 Å². The first-order chi connectivity index (χ1) is 9.28. The molecule has 1 aromatic rings. The van der Waals surface area contributed by atoms with E-state index in [9.17, 15) is 0 Å². The van der Waals surface area contributed by atoms with Crippen molar-refractivity contribution in [3.63, 3.8) is 0 Å².